The van der Waals surface area contributed by atoms with E-state index >= 15 is 0 Å². The lowest BCUT2D eigenvalue weighted by atomic mass is 9.72. The van der Waals surface area contributed by atoms with Crippen molar-refractivity contribution in [3.63, 3.8) is 0 Å². The number of hydrogen-bond donors (Lipinski definition) is 4. The Labute approximate surface area is 277 Å². The lowest BCUT2D eigenvalue weighted by molar-refractivity contribution is -0.259. The number of fused-ring (bicyclic) bond motifs is 6. The topological polar surface area (TPSA) is 179 Å². The maximum Gasteiger partial charge on any atom is 0.252 e. The molecule has 0 saturated carbocycles. The molecule has 3 saturated heterocycles. The van der Waals surface area contributed by atoms with Gasteiger partial charge in [0, 0.05) is 49.6 Å². The fourth-order valence-corrected chi connectivity index (χ4v) is 8.38. The number of phenols is 2. The van der Waals surface area contributed by atoms with Gasteiger partial charge in [-0.15, -0.1) is 0 Å². The van der Waals surface area contributed by atoms with Crippen LogP contribution in [0.5, 0.6) is 17.2 Å². The van der Waals surface area contributed by atoms with Gasteiger partial charge in [0.1, 0.15) is 29.0 Å². The Morgan fingerprint density at radius 2 is 1.81 bits per heavy atom. The molecule has 258 valence electrons. The highest BCUT2D eigenvalue weighted by atomic mass is 16.7. The molecule has 13 nitrogen and oxygen atoms in total. The van der Waals surface area contributed by atoms with Crippen molar-refractivity contribution >= 4 is 17.5 Å². The SMILES string of the molecule is CCCNC(=O)[C@]1(O)Cc2c(O)c3c(c(O)c2[C@@H](O[C@@H]2C[C@@H]4C5CCO[C@H](OC)[C@H]5O[C@@H]4[C@H](C)O2)C1)C(=O)c1c(OC)cccc1C3=O. The third kappa shape index (κ3) is 5.02. The summed E-state index contributed by atoms with van der Waals surface area (Å²) in [5.41, 5.74) is -2.94. The standard InChI is InChI=1S/C35H41NO12/c1-5-10-36-34(41)35(42)13-19-24(30(40)26-25(28(19)38)27(37)17-7-6-8-20(43-3)23(17)29(26)39)21(14-35)47-22-12-18-16-9-11-45-33(44-4)32(16)48-31(18)15(2)46-22/h6-8,15-16,18,21-22,31-33,38,40,42H,5,9-14H2,1-4H3,(H,36,41)/t15-,16?,18+,21-,22+,31+,32-,33-,35-/m0/s1. The van der Waals surface area contributed by atoms with Gasteiger partial charge in [0.25, 0.3) is 5.91 Å². The second kappa shape index (κ2) is 12.4. The third-order valence-electron chi connectivity index (χ3n) is 10.6. The molecule has 48 heavy (non-hydrogen) atoms. The van der Waals surface area contributed by atoms with E-state index in [2.05, 4.69) is 5.32 Å². The van der Waals surface area contributed by atoms with Crippen LogP contribution in [0.1, 0.15) is 88.6 Å². The minimum atomic E-state index is -2.08. The van der Waals surface area contributed by atoms with E-state index < -0.39 is 71.3 Å². The molecule has 2 aliphatic carbocycles. The van der Waals surface area contributed by atoms with E-state index in [1.54, 1.807) is 13.2 Å². The average Bonchev–Trinajstić information content (AvgIpc) is 3.46. The molecule has 0 bridgehead atoms. The van der Waals surface area contributed by atoms with E-state index in [-0.39, 0.29) is 64.0 Å². The fraction of sp³-hybridized carbons (Fsp3) is 0.571. The van der Waals surface area contributed by atoms with Gasteiger partial charge in [-0.1, -0.05) is 19.1 Å². The molecule has 3 heterocycles. The first-order valence-corrected chi connectivity index (χ1v) is 16.5. The molecule has 4 N–H and O–H groups in total. The third-order valence-corrected chi connectivity index (χ3v) is 10.6. The minimum Gasteiger partial charge on any atom is -0.507 e. The Bertz CT molecular complexity index is 1660. The Morgan fingerprint density at radius 1 is 1.04 bits per heavy atom. The highest BCUT2D eigenvalue weighted by Crippen LogP contribution is 2.53. The van der Waals surface area contributed by atoms with Gasteiger partial charge in [-0.3, -0.25) is 14.4 Å². The fourth-order valence-electron chi connectivity index (χ4n) is 8.38. The number of hydrogen-bond acceptors (Lipinski definition) is 12. The smallest absolute Gasteiger partial charge is 0.252 e. The predicted octanol–water partition coefficient (Wildman–Crippen LogP) is 2.67. The number of phenolic OH excluding ortho intramolecular Hbond substituents is 2. The number of aliphatic hydroxyl groups is 1. The van der Waals surface area contributed by atoms with E-state index in [4.69, 9.17) is 28.4 Å². The van der Waals surface area contributed by atoms with Crippen molar-refractivity contribution in [1.82, 2.24) is 5.32 Å². The second-order valence-electron chi connectivity index (χ2n) is 13.3. The van der Waals surface area contributed by atoms with Crippen molar-refractivity contribution in [3.05, 3.63) is 51.6 Å². The summed E-state index contributed by atoms with van der Waals surface area (Å²) in [7, 11) is 2.95. The number of ether oxygens (including phenoxy) is 6. The van der Waals surface area contributed by atoms with Crippen LogP contribution in [0, 0.1) is 11.8 Å². The number of nitrogens with one attached hydrogen (secondary N) is 1. The summed E-state index contributed by atoms with van der Waals surface area (Å²) in [5, 5.41) is 38.2. The Kier molecular flexibility index (Phi) is 8.49. The van der Waals surface area contributed by atoms with Crippen LogP contribution in [0.15, 0.2) is 18.2 Å². The maximum absolute atomic E-state index is 14.0. The quantitative estimate of drug-likeness (QED) is 0.271. The summed E-state index contributed by atoms with van der Waals surface area (Å²) in [4.78, 5) is 41.2. The first kappa shape index (κ1) is 32.9. The summed E-state index contributed by atoms with van der Waals surface area (Å²) < 4.78 is 35.9. The van der Waals surface area contributed by atoms with E-state index in [1.807, 2.05) is 13.8 Å². The number of amides is 1. The van der Waals surface area contributed by atoms with Gasteiger partial charge >= 0.3 is 0 Å². The van der Waals surface area contributed by atoms with Crippen molar-refractivity contribution < 1.29 is 58.1 Å². The molecular weight excluding hydrogens is 626 g/mol. The number of ketones is 2. The first-order valence-electron chi connectivity index (χ1n) is 16.5. The van der Waals surface area contributed by atoms with Gasteiger partial charge in [-0.25, -0.2) is 0 Å². The lowest BCUT2D eigenvalue weighted by Gasteiger charge is -2.43. The molecule has 0 radical (unpaired) electrons. The number of methoxy groups -OCH3 is 2. The largest absolute Gasteiger partial charge is 0.507 e. The zero-order chi connectivity index (χ0) is 34.1. The van der Waals surface area contributed by atoms with Gasteiger partial charge in [0.15, 0.2) is 18.4 Å². The van der Waals surface area contributed by atoms with Crippen LogP contribution in [0.2, 0.25) is 0 Å². The molecule has 7 rings (SSSR count). The average molecular weight is 668 g/mol. The molecule has 2 aromatic rings. The molecule has 1 amide bonds. The minimum absolute atomic E-state index is 0.00104. The number of benzene rings is 2. The molecule has 2 aromatic carbocycles. The van der Waals surface area contributed by atoms with Crippen molar-refractivity contribution in [3.8, 4) is 17.2 Å². The van der Waals surface area contributed by atoms with Gasteiger partial charge in [-0.05, 0) is 37.7 Å². The van der Waals surface area contributed by atoms with Crippen LogP contribution < -0.4 is 10.1 Å². The van der Waals surface area contributed by atoms with E-state index in [1.165, 1.54) is 19.2 Å². The van der Waals surface area contributed by atoms with Gasteiger partial charge < -0.3 is 49.1 Å². The van der Waals surface area contributed by atoms with Crippen molar-refractivity contribution in [2.24, 2.45) is 11.8 Å². The Balaban J connectivity index is 1.29. The number of aromatic hydroxyl groups is 2. The predicted molar refractivity (Wildman–Crippen MR) is 166 cm³/mol. The first-order chi connectivity index (χ1) is 23.0. The molecule has 1 unspecified atom stereocenters. The van der Waals surface area contributed by atoms with Gasteiger partial charge in [0.2, 0.25) is 5.78 Å². The zero-order valence-electron chi connectivity index (χ0n) is 27.3. The molecule has 0 aromatic heterocycles. The normalized spacial score (nSPS) is 33.6. The van der Waals surface area contributed by atoms with Gasteiger partial charge in [-0.2, -0.15) is 0 Å². The number of carbonyl (C=O) groups excluding carboxylic acids is 3. The summed E-state index contributed by atoms with van der Waals surface area (Å²) in [6.45, 7) is 4.57. The number of rotatable bonds is 7. The highest BCUT2D eigenvalue weighted by molar-refractivity contribution is 6.31. The molecule has 9 atom stereocenters. The van der Waals surface area contributed by atoms with E-state index in [0.717, 1.165) is 6.42 Å². The second-order valence-corrected chi connectivity index (χ2v) is 13.3. The molecule has 0 spiro atoms. The molecule has 13 heteroatoms. The van der Waals surface area contributed by atoms with Crippen LogP contribution >= 0.6 is 0 Å². The monoisotopic (exact) mass is 667 g/mol. The van der Waals surface area contributed by atoms with Crippen molar-refractivity contribution in [2.45, 2.75) is 88.5 Å². The van der Waals surface area contributed by atoms with Crippen molar-refractivity contribution in [2.75, 3.05) is 27.4 Å². The van der Waals surface area contributed by atoms with Crippen LogP contribution in [-0.4, -0.2) is 96.7 Å². The lowest BCUT2D eigenvalue weighted by Crippen LogP contribution is -2.52. The summed E-state index contributed by atoms with van der Waals surface area (Å²) in [6, 6.07) is 4.52. The van der Waals surface area contributed by atoms with E-state index in [0.29, 0.717) is 26.0 Å². The molecule has 3 fully saturated rings. The van der Waals surface area contributed by atoms with Gasteiger partial charge in [0.05, 0.1) is 48.7 Å². The molecule has 5 aliphatic rings. The summed E-state index contributed by atoms with van der Waals surface area (Å²) in [5.74, 6) is -2.98. The Morgan fingerprint density at radius 3 is 2.54 bits per heavy atom. The van der Waals surface area contributed by atoms with Crippen molar-refractivity contribution in [1.29, 1.82) is 0 Å². The van der Waals surface area contributed by atoms with Crippen LogP contribution in [0.25, 0.3) is 0 Å². The summed E-state index contributed by atoms with van der Waals surface area (Å²) in [6.07, 6.45) is -2.45. The Hall–Kier alpha value is -3.59. The maximum atomic E-state index is 14.0. The van der Waals surface area contributed by atoms with Crippen LogP contribution in [0.3, 0.4) is 0 Å². The van der Waals surface area contributed by atoms with Crippen LogP contribution in [0.4, 0.5) is 0 Å². The van der Waals surface area contributed by atoms with E-state index in [9.17, 15) is 29.7 Å². The molecular formula is C35H41NO12. The zero-order valence-corrected chi connectivity index (χ0v) is 27.3. The molecule has 3 aliphatic heterocycles. The highest BCUT2D eigenvalue weighted by Gasteiger charge is 2.56. The summed E-state index contributed by atoms with van der Waals surface area (Å²) >= 11 is 0. The van der Waals surface area contributed by atoms with Crippen LogP contribution in [-0.2, 0) is 34.9 Å². The number of carbonyl (C=O) groups is 3.